The van der Waals surface area contributed by atoms with E-state index in [4.69, 9.17) is 33.7 Å². The third-order valence-electron chi connectivity index (χ3n) is 3.15. The lowest BCUT2D eigenvalue weighted by atomic mass is 10.1. The minimum atomic E-state index is 0.155. The van der Waals surface area contributed by atoms with Gasteiger partial charge in [-0.1, -0.05) is 30.1 Å². The molecule has 0 bridgehead atoms. The minimum absolute atomic E-state index is 0.155. The maximum Gasteiger partial charge on any atom is 0.150 e. The molecule has 6 heteroatoms. The van der Waals surface area contributed by atoms with E-state index in [9.17, 15) is 0 Å². The van der Waals surface area contributed by atoms with Gasteiger partial charge < -0.3 is 15.4 Å². The van der Waals surface area contributed by atoms with Crippen LogP contribution in [0, 0.1) is 0 Å². The highest BCUT2D eigenvalue weighted by atomic mass is 35.5. The zero-order valence-corrected chi connectivity index (χ0v) is 12.0. The summed E-state index contributed by atoms with van der Waals surface area (Å²) < 4.78 is 5.66. The third-order valence-corrected chi connectivity index (χ3v) is 3.73. The van der Waals surface area contributed by atoms with Crippen LogP contribution in [0.5, 0.6) is 0 Å². The van der Waals surface area contributed by atoms with Crippen molar-refractivity contribution in [2.24, 2.45) is 0 Å². The molecule has 0 radical (unpaired) electrons. The SMILES string of the molecule is CCC1COC(C)CN1c1nc(N)c(Cl)cc1Cl. The van der Waals surface area contributed by atoms with Crippen molar-refractivity contribution in [3.05, 3.63) is 16.1 Å². The van der Waals surface area contributed by atoms with Crippen LogP contribution in [0.1, 0.15) is 20.3 Å². The lowest BCUT2D eigenvalue weighted by Gasteiger charge is -2.39. The molecule has 2 heterocycles. The van der Waals surface area contributed by atoms with Gasteiger partial charge in [0.25, 0.3) is 0 Å². The van der Waals surface area contributed by atoms with Crippen LogP contribution in [0.4, 0.5) is 11.6 Å². The molecule has 2 atom stereocenters. The Balaban J connectivity index is 2.36. The number of hydrogen-bond acceptors (Lipinski definition) is 4. The lowest BCUT2D eigenvalue weighted by molar-refractivity contribution is 0.0296. The number of aromatic nitrogens is 1. The molecule has 2 rings (SSSR count). The average Bonchev–Trinajstić information content (AvgIpc) is 2.34. The number of rotatable bonds is 2. The smallest absolute Gasteiger partial charge is 0.150 e. The Kier molecular flexibility index (Phi) is 4.20. The maximum absolute atomic E-state index is 6.22. The van der Waals surface area contributed by atoms with E-state index >= 15 is 0 Å². The van der Waals surface area contributed by atoms with Gasteiger partial charge in [-0.15, -0.1) is 0 Å². The molecule has 1 aliphatic rings. The number of nitrogens with zero attached hydrogens (tertiary/aromatic N) is 2. The van der Waals surface area contributed by atoms with E-state index in [0.29, 0.717) is 28.3 Å². The topological polar surface area (TPSA) is 51.4 Å². The molecule has 0 aliphatic carbocycles. The molecule has 1 aromatic rings. The third kappa shape index (κ3) is 2.66. The summed E-state index contributed by atoms with van der Waals surface area (Å²) in [4.78, 5) is 6.47. The Bertz CT molecular complexity index is 442. The van der Waals surface area contributed by atoms with E-state index in [0.717, 1.165) is 13.0 Å². The Morgan fingerprint density at radius 1 is 1.50 bits per heavy atom. The van der Waals surface area contributed by atoms with Gasteiger partial charge in [-0.3, -0.25) is 0 Å². The van der Waals surface area contributed by atoms with E-state index < -0.39 is 0 Å². The van der Waals surface area contributed by atoms with Crippen LogP contribution in [-0.2, 0) is 4.74 Å². The number of hydrogen-bond donors (Lipinski definition) is 1. The number of anilines is 2. The van der Waals surface area contributed by atoms with E-state index in [-0.39, 0.29) is 12.1 Å². The van der Waals surface area contributed by atoms with Crippen molar-refractivity contribution in [3.63, 3.8) is 0 Å². The van der Waals surface area contributed by atoms with E-state index in [1.807, 2.05) is 6.92 Å². The van der Waals surface area contributed by atoms with Gasteiger partial charge in [0.15, 0.2) is 0 Å². The van der Waals surface area contributed by atoms with Crippen LogP contribution in [0.2, 0.25) is 10.0 Å². The quantitative estimate of drug-likeness (QED) is 0.909. The molecule has 0 aromatic carbocycles. The zero-order chi connectivity index (χ0) is 13.3. The van der Waals surface area contributed by atoms with Crippen molar-refractivity contribution in [2.75, 3.05) is 23.8 Å². The number of morpholine rings is 1. The van der Waals surface area contributed by atoms with Crippen molar-refractivity contribution in [3.8, 4) is 0 Å². The van der Waals surface area contributed by atoms with Crippen LogP contribution in [0.25, 0.3) is 0 Å². The molecule has 18 heavy (non-hydrogen) atoms. The lowest BCUT2D eigenvalue weighted by Crippen LogP contribution is -2.49. The molecular formula is C12H17Cl2N3O. The van der Waals surface area contributed by atoms with Gasteiger partial charge in [-0.2, -0.15) is 0 Å². The molecule has 2 unspecified atom stereocenters. The van der Waals surface area contributed by atoms with E-state index in [2.05, 4.69) is 16.8 Å². The molecular weight excluding hydrogens is 273 g/mol. The summed E-state index contributed by atoms with van der Waals surface area (Å²) in [5.41, 5.74) is 5.76. The first-order chi connectivity index (χ1) is 8.52. The number of halogens is 2. The summed E-state index contributed by atoms with van der Waals surface area (Å²) in [5.74, 6) is 1.01. The van der Waals surface area contributed by atoms with Crippen LogP contribution in [-0.4, -0.2) is 30.3 Å². The molecule has 1 saturated heterocycles. The predicted molar refractivity (Wildman–Crippen MR) is 75.5 cm³/mol. The Hall–Kier alpha value is -0.710. The fourth-order valence-electron chi connectivity index (χ4n) is 2.11. The van der Waals surface area contributed by atoms with Gasteiger partial charge in [0.2, 0.25) is 0 Å². The van der Waals surface area contributed by atoms with Gasteiger partial charge in [0.1, 0.15) is 11.6 Å². The molecule has 1 fully saturated rings. The highest BCUT2D eigenvalue weighted by Crippen LogP contribution is 2.32. The van der Waals surface area contributed by atoms with Crippen LogP contribution in [0.3, 0.4) is 0 Å². The standard InChI is InChI=1S/C12H17Cl2N3O/c1-3-8-6-18-7(2)5-17(8)12-10(14)4-9(13)11(15)16-12/h4,7-8H,3,5-6H2,1-2H3,(H2,15,16). The maximum atomic E-state index is 6.22. The Morgan fingerprint density at radius 3 is 2.89 bits per heavy atom. The molecule has 1 aromatic heterocycles. The van der Waals surface area contributed by atoms with Crippen LogP contribution < -0.4 is 10.6 Å². The highest BCUT2D eigenvalue weighted by Gasteiger charge is 2.28. The second-order valence-corrected chi connectivity index (χ2v) is 5.33. The van der Waals surface area contributed by atoms with E-state index in [1.54, 1.807) is 6.07 Å². The van der Waals surface area contributed by atoms with Gasteiger partial charge in [0, 0.05) is 6.54 Å². The molecule has 4 nitrogen and oxygen atoms in total. The molecule has 0 spiro atoms. The largest absolute Gasteiger partial charge is 0.382 e. The second kappa shape index (κ2) is 5.51. The molecule has 100 valence electrons. The normalized spacial score (nSPS) is 24.3. The molecule has 1 aliphatic heterocycles. The summed E-state index contributed by atoms with van der Waals surface area (Å²) >= 11 is 12.1. The monoisotopic (exact) mass is 289 g/mol. The van der Waals surface area contributed by atoms with Crippen molar-refractivity contribution in [1.29, 1.82) is 0 Å². The van der Waals surface area contributed by atoms with Gasteiger partial charge >= 0.3 is 0 Å². The number of nitrogen functional groups attached to an aromatic ring is 1. The minimum Gasteiger partial charge on any atom is -0.382 e. The van der Waals surface area contributed by atoms with Gasteiger partial charge in [-0.05, 0) is 19.4 Å². The van der Waals surface area contributed by atoms with Crippen molar-refractivity contribution >= 4 is 34.8 Å². The molecule has 0 saturated carbocycles. The number of ether oxygens (including phenoxy) is 1. The Labute approximate surface area is 117 Å². The summed E-state index contributed by atoms with van der Waals surface area (Å²) in [7, 11) is 0. The molecule has 0 amide bonds. The van der Waals surface area contributed by atoms with E-state index in [1.165, 1.54) is 0 Å². The average molecular weight is 290 g/mol. The van der Waals surface area contributed by atoms with Gasteiger partial charge in [-0.25, -0.2) is 4.98 Å². The summed E-state index contributed by atoms with van der Waals surface area (Å²) in [6.45, 7) is 5.58. The van der Waals surface area contributed by atoms with Gasteiger partial charge in [0.05, 0.1) is 28.8 Å². The first-order valence-corrected chi connectivity index (χ1v) is 6.78. The van der Waals surface area contributed by atoms with Crippen LogP contribution >= 0.6 is 23.2 Å². The summed E-state index contributed by atoms with van der Waals surface area (Å²) in [6.07, 6.45) is 1.12. The van der Waals surface area contributed by atoms with Crippen LogP contribution in [0.15, 0.2) is 6.07 Å². The van der Waals surface area contributed by atoms with Crippen molar-refractivity contribution in [2.45, 2.75) is 32.4 Å². The number of nitrogens with two attached hydrogens (primary N) is 1. The first kappa shape index (κ1) is 13.7. The summed E-state index contributed by atoms with van der Waals surface area (Å²) in [5, 5.41) is 0.917. The summed E-state index contributed by atoms with van der Waals surface area (Å²) in [6, 6.07) is 1.92. The molecule has 2 N–H and O–H groups in total. The van der Waals surface area contributed by atoms with Crippen molar-refractivity contribution < 1.29 is 4.74 Å². The number of pyridine rings is 1. The van der Waals surface area contributed by atoms with Crippen molar-refractivity contribution in [1.82, 2.24) is 4.98 Å². The highest BCUT2D eigenvalue weighted by molar-refractivity contribution is 6.37. The first-order valence-electron chi connectivity index (χ1n) is 6.02. The Morgan fingerprint density at radius 2 is 2.22 bits per heavy atom. The zero-order valence-electron chi connectivity index (χ0n) is 10.5. The second-order valence-electron chi connectivity index (χ2n) is 4.52. The fraction of sp³-hybridized carbons (Fsp3) is 0.583. The predicted octanol–water partition coefficient (Wildman–Crippen LogP) is 2.97. The fourth-order valence-corrected chi connectivity index (χ4v) is 2.58.